The number of carbonyl (C=O) groups excluding carboxylic acids is 1. The van der Waals surface area contributed by atoms with E-state index in [0.29, 0.717) is 6.41 Å². The first-order valence-corrected chi connectivity index (χ1v) is 3.26. The predicted octanol–water partition coefficient (Wildman–Crippen LogP) is 0.140. The molecule has 0 spiro atoms. The second-order valence-corrected chi connectivity index (χ2v) is 2.13. The number of hydrogen-bond donors (Lipinski definition) is 2. The Hall–Kier alpha value is -2.18. The summed E-state index contributed by atoms with van der Waals surface area (Å²) >= 11 is 0. The number of amides is 1. The Morgan fingerprint density at radius 1 is 1.62 bits per heavy atom. The van der Waals surface area contributed by atoms with Gasteiger partial charge in [0.05, 0.1) is 0 Å². The van der Waals surface area contributed by atoms with Crippen LogP contribution < -0.4 is 11.1 Å². The molecule has 0 aliphatic carbocycles. The van der Waals surface area contributed by atoms with E-state index in [0.717, 1.165) is 0 Å². The molecule has 0 radical (unpaired) electrons. The van der Waals surface area contributed by atoms with Crippen LogP contribution in [-0.4, -0.2) is 16.3 Å². The molecular formula is C6H6N4O3. The first kappa shape index (κ1) is 8.91. The molecular weight excluding hydrogens is 176 g/mol. The van der Waals surface area contributed by atoms with E-state index in [9.17, 15) is 14.9 Å². The number of nitrogens with one attached hydrogen (secondary N) is 1. The van der Waals surface area contributed by atoms with E-state index < -0.39 is 10.7 Å². The molecule has 7 nitrogen and oxygen atoms in total. The van der Waals surface area contributed by atoms with E-state index in [1.807, 2.05) is 0 Å². The Labute approximate surface area is 72.7 Å². The van der Waals surface area contributed by atoms with Crippen LogP contribution in [0.25, 0.3) is 0 Å². The van der Waals surface area contributed by atoms with Crippen molar-refractivity contribution in [2.24, 2.45) is 0 Å². The number of nitro groups is 1. The molecule has 0 unspecified atom stereocenters. The van der Waals surface area contributed by atoms with Gasteiger partial charge in [0.2, 0.25) is 12.2 Å². The van der Waals surface area contributed by atoms with Crippen molar-refractivity contribution in [3.63, 3.8) is 0 Å². The summed E-state index contributed by atoms with van der Waals surface area (Å²) in [7, 11) is 0. The molecule has 3 N–H and O–H groups in total. The minimum atomic E-state index is -0.717. The van der Waals surface area contributed by atoms with Crippen molar-refractivity contribution >= 4 is 23.7 Å². The number of carbonyl (C=O) groups is 1. The number of hydrogen-bond acceptors (Lipinski definition) is 5. The summed E-state index contributed by atoms with van der Waals surface area (Å²) in [6.45, 7) is 0. The topological polar surface area (TPSA) is 111 Å². The Kier molecular flexibility index (Phi) is 2.38. The third-order valence-electron chi connectivity index (χ3n) is 1.29. The van der Waals surface area contributed by atoms with Crippen LogP contribution in [0.5, 0.6) is 0 Å². The standard InChI is InChI=1S/C6H6N4O3/c7-4-1-2-5(8-3-11)9-6(4)10(12)13/h1-3H,7H2,(H,8,9,11). The highest BCUT2D eigenvalue weighted by Gasteiger charge is 2.14. The van der Waals surface area contributed by atoms with Crippen LogP contribution in [0, 0.1) is 10.1 Å². The van der Waals surface area contributed by atoms with E-state index in [2.05, 4.69) is 10.3 Å². The maximum absolute atomic E-state index is 10.3. The normalized spacial score (nSPS) is 9.23. The van der Waals surface area contributed by atoms with Crippen molar-refractivity contribution in [1.29, 1.82) is 0 Å². The lowest BCUT2D eigenvalue weighted by molar-refractivity contribution is -0.388. The minimum Gasteiger partial charge on any atom is -0.392 e. The number of nitrogens with two attached hydrogens (primary N) is 1. The van der Waals surface area contributed by atoms with Gasteiger partial charge in [-0.2, -0.15) is 0 Å². The fourth-order valence-corrected chi connectivity index (χ4v) is 0.746. The van der Waals surface area contributed by atoms with Crippen LogP contribution in [-0.2, 0) is 4.79 Å². The van der Waals surface area contributed by atoms with E-state index in [1.54, 1.807) is 0 Å². The zero-order valence-corrected chi connectivity index (χ0v) is 6.43. The van der Waals surface area contributed by atoms with Gasteiger partial charge >= 0.3 is 5.82 Å². The Morgan fingerprint density at radius 2 is 2.31 bits per heavy atom. The number of rotatable bonds is 3. The predicted molar refractivity (Wildman–Crippen MR) is 45.0 cm³/mol. The number of pyridine rings is 1. The van der Waals surface area contributed by atoms with Crippen LogP contribution in [0.1, 0.15) is 0 Å². The summed E-state index contributed by atoms with van der Waals surface area (Å²) in [5.74, 6) is -0.372. The van der Waals surface area contributed by atoms with Gasteiger partial charge < -0.3 is 15.8 Å². The third-order valence-corrected chi connectivity index (χ3v) is 1.29. The third kappa shape index (κ3) is 1.89. The fraction of sp³-hybridized carbons (Fsp3) is 0. The molecule has 1 rings (SSSR count). The van der Waals surface area contributed by atoms with Gasteiger partial charge in [-0.25, -0.2) is 0 Å². The zero-order chi connectivity index (χ0) is 9.84. The smallest absolute Gasteiger partial charge is 0.388 e. The minimum absolute atomic E-state index is 0.0403. The number of anilines is 2. The van der Waals surface area contributed by atoms with E-state index in [1.165, 1.54) is 12.1 Å². The molecule has 1 amide bonds. The SMILES string of the molecule is Nc1ccc(NC=O)nc1[N+](=O)[O-]. The van der Waals surface area contributed by atoms with E-state index in [4.69, 9.17) is 5.73 Å². The molecule has 68 valence electrons. The average Bonchev–Trinajstić information content (AvgIpc) is 2.08. The van der Waals surface area contributed by atoms with Gasteiger partial charge in [0, 0.05) is 6.07 Å². The van der Waals surface area contributed by atoms with Crippen molar-refractivity contribution in [3.05, 3.63) is 22.2 Å². The second-order valence-electron chi connectivity index (χ2n) is 2.13. The van der Waals surface area contributed by atoms with Crippen molar-refractivity contribution < 1.29 is 9.72 Å². The molecule has 0 bridgehead atoms. The van der Waals surface area contributed by atoms with Crippen molar-refractivity contribution in [3.8, 4) is 0 Å². The number of aromatic nitrogens is 1. The number of nitrogen functional groups attached to an aromatic ring is 1. The zero-order valence-electron chi connectivity index (χ0n) is 6.43. The summed E-state index contributed by atoms with van der Waals surface area (Å²) in [6, 6.07) is 2.67. The largest absolute Gasteiger partial charge is 0.392 e. The fourth-order valence-electron chi connectivity index (χ4n) is 0.746. The highest BCUT2D eigenvalue weighted by Crippen LogP contribution is 2.19. The molecule has 7 heteroatoms. The molecule has 1 heterocycles. The maximum atomic E-state index is 10.3. The van der Waals surface area contributed by atoms with E-state index in [-0.39, 0.29) is 11.5 Å². The van der Waals surface area contributed by atoms with Crippen molar-refractivity contribution in [1.82, 2.24) is 4.98 Å². The highest BCUT2D eigenvalue weighted by molar-refractivity contribution is 5.70. The molecule has 1 aromatic rings. The quantitative estimate of drug-likeness (QED) is 0.392. The first-order chi connectivity index (χ1) is 6.15. The summed E-state index contributed by atoms with van der Waals surface area (Å²) in [4.78, 5) is 23.1. The van der Waals surface area contributed by atoms with Gasteiger partial charge in [-0.1, -0.05) is 0 Å². The Bertz CT molecular complexity index is 352. The van der Waals surface area contributed by atoms with Gasteiger partial charge in [-0.05, 0) is 16.0 Å². The molecule has 0 aliphatic heterocycles. The molecule has 0 saturated carbocycles. The van der Waals surface area contributed by atoms with Crippen molar-refractivity contribution in [2.45, 2.75) is 0 Å². The van der Waals surface area contributed by atoms with Gasteiger partial charge in [0.25, 0.3) is 0 Å². The molecule has 1 aromatic heterocycles. The summed E-state index contributed by atoms with van der Waals surface area (Å²) < 4.78 is 0. The van der Waals surface area contributed by atoms with Crippen LogP contribution >= 0.6 is 0 Å². The van der Waals surface area contributed by atoms with Crippen LogP contribution in [0.2, 0.25) is 0 Å². The molecule has 0 saturated heterocycles. The lowest BCUT2D eigenvalue weighted by Crippen LogP contribution is -2.02. The molecule has 13 heavy (non-hydrogen) atoms. The number of nitrogens with zero attached hydrogens (tertiary/aromatic N) is 2. The first-order valence-electron chi connectivity index (χ1n) is 3.26. The van der Waals surface area contributed by atoms with Gasteiger partial charge in [0.15, 0.2) is 0 Å². The van der Waals surface area contributed by atoms with Crippen molar-refractivity contribution in [2.75, 3.05) is 11.1 Å². The van der Waals surface area contributed by atoms with Crippen LogP contribution in [0.3, 0.4) is 0 Å². The van der Waals surface area contributed by atoms with Crippen LogP contribution in [0.15, 0.2) is 12.1 Å². The highest BCUT2D eigenvalue weighted by atomic mass is 16.6. The molecule has 0 aliphatic rings. The summed E-state index contributed by atoms with van der Waals surface area (Å²) in [5.41, 5.74) is 5.23. The lowest BCUT2D eigenvalue weighted by Gasteiger charge is -1.97. The van der Waals surface area contributed by atoms with Gasteiger partial charge in [-0.3, -0.25) is 10.1 Å². The monoisotopic (exact) mass is 182 g/mol. The lowest BCUT2D eigenvalue weighted by atomic mass is 10.4. The maximum Gasteiger partial charge on any atom is 0.388 e. The van der Waals surface area contributed by atoms with E-state index >= 15 is 0 Å². The molecule has 0 aromatic carbocycles. The summed E-state index contributed by atoms with van der Waals surface area (Å²) in [5, 5.41) is 12.5. The van der Waals surface area contributed by atoms with Crippen LogP contribution in [0.4, 0.5) is 17.3 Å². The second kappa shape index (κ2) is 3.48. The average molecular weight is 182 g/mol. The Balaban J connectivity index is 3.10. The van der Waals surface area contributed by atoms with Gasteiger partial charge in [-0.15, -0.1) is 0 Å². The summed E-state index contributed by atoms with van der Waals surface area (Å²) in [6.07, 6.45) is 0.377. The molecule has 0 atom stereocenters. The molecule has 0 fully saturated rings. The Morgan fingerprint density at radius 3 is 2.85 bits per heavy atom. The van der Waals surface area contributed by atoms with Gasteiger partial charge in [0.1, 0.15) is 5.69 Å².